The summed E-state index contributed by atoms with van der Waals surface area (Å²) in [4.78, 5) is 16.9. The van der Waals surface area contributed by atoms with Crippen LogP contribution < -0.4 is 15.8 Å². The fourth-order valence-electron chi connectivity index (χ4n) is 3.29. The Morgan fingerprint density at radius 2 is 2.20 bits per heavy atom. The highest BCUT2D eigenvalue weighted by Gasteiger charge is 2.30. The molecule has 0 bridgehead atoms. The van der Waals surface area contributed by atoms with Crippen LogP contribution in [-0.4, -0.2) is 36.3 Å². The number of hydrogen-bond acceptors (Lipinski definition) is 5. The number of carbonyl (C=O) groups excluding carboxylic acids is 1. The smallest absolute Gasteiger partial charge is 0.254 e. The Morgan fingerprint density at radius 1 is 1.28 bits per heavy atom. The molecule has 1 amide bonds. The van der Waals surface area contributed by atoms with Gasteiger partial charge in [-0.05, 0) is 48.7 Å². The molecule has 3 heterocycles. The van der Waals surface area contributed by atoms with E-state index in [0.29, 0.717) is 18.8 Å². The minimum Gasteiger partial charge on any atom is -0.493 e. The summed E-state index contributed by atoms with van der Waals surface area (Å²) >= 11 is 0. The number of aromatic nitrogens is 1. The SMILES string of the molecule is NC[C@H]1CC[C@@H](C(=O)Nc2cccc(-c3ccc4c(c3)CCO4)n2)O1. The monoisotopic (exact) mass is 339 g/mol. The quantitative estimate of drug-likeness (QED) is 0.891. The van der Waals surface area contributed by atoms with E-state index in [-0.39, 0.29) is 12.0 Å². The summed E-state index contributed by atoms with van der Waals surface area (Å²) in [6.07, 6.45) is 1.96. The molecular formula is C19H21N3O3. The highest BCUT2D eigenvalue weighted by Crippen LogP contribution is 2.30. The van der Waals surface area contributed by atoms with Crippen molar-refractivity contribution in [3.05, 3.63) is 42.0 Å². The fourth-order valence-corrected chi connectivity index (χ4v) is 3.29. The number of nitrogens with two attached hydrogens (primary N) is 1. The molecule has 6 heteroatoms. The lowest BCUT2D eigenvalue weighted by Gasteiger charge is -2.13. The number of pyridine rings is 1. The van der Waals surface area contributed by atoms with Crippen LogP contribution in [0.5, 0.6) is 5.75 Å². The van der Waals surface area contributed by atoms with Crippen LogP contribution in [0.2, 0.25) is 0 Å². The van der Waals surface area contributed by atoms with E-state index in [1.54, 1.807) is 6.07 Å². The molecule has 25 heavy (non-hydrogen) atoms. The first-order valence-corrected chi connectivity index (χ1v) is 8.62. The number of rotatable bonds is 4. The molecule has 2 aromatic rings. The highest BCUT2D eigenvalue weighted by molar-refractivity contribution is 5.93. The van der Waals surface area contributed by atoms with Gasteiger partial charge in [0.1, 0.15) is 17.7 Å². The maximum atomic E-state index is 12.3. The molecule has 130 valence electrons. The van der Waals surface area contributed by atoms with E-state index < -0.39 is 6.10 Å². The number of amides is 1. The third kappa shape index (κ3) is 3.36. The van der Waals surface area contributed by atoms with Crippen LogP contribution in [-0.2, 0) is 16.0 Å². The van der Waals surface area contributed by atoms with Gasteiger partial charge < -0.3 is 20.5 Å². The van der Waals surface area contributed by atoms with Crippen molar-refractivity contribution in [1.29, 1.82) is 0 Å². The maximum Gasteiger partial charge on any atom is 0.254 e. The topological polar surface area (TPSA) is 86.5 Å². The third-order valence-corrected chi connectivity index (χ3v) is 4.65. The van der Waals surface area contributed by atoms with Gasteiger partial charge in [0, 0.05) is 18.5 Å². The highest BCUT2D eigenvalue weighted by atomic mass is 16.5. The lowest BCUT2D eigenvalue weighted by Crippen LogP contribution is -2.30. The van der Waals surface area contributed by atoms with Crippen molar-refractivity contribution in [3.8, 4) is 17.0 Å². The molecule has 0 aliphatic carbocycles. The summed E-state index contributed by atoms with van der Waals surface area (Å²) in [6, 6.07) is 11.7. The van der Waals surface area contributed by atoms with Crippen molar-refractivity contribution in [1.82, 2.24) is 4.98 Å². The van der Waals surface area contributed by atoms with Crippen LogP contribution in [0.1, 0.15) is 18.4 Å². The molecule has 0 saturated carbocycles. The number of carbonyl (C=O) groups is 1. The third-order valence-electron chi connectivity index (χ3n) is 4.65. The molecule has 2 aliphatic rings. The van der Waals surface area contributed by atoms with Crippen LogP contribution in [0.15, 0.2) is 36.4 Å². The summed E-state index contributed by atoms with van der Waals surface area (Å²) in [5.41, 5.74) is 8.62. The first-order valence-electron chi connectivity index (χ1n) is 8.62. The molecule has 1 aromatic heterocycles. The number of anilines is 1. The van der Waals surface area contributed by atoms with Gasteiger partial charge in [-0.25, -0.2) is 4.98 Å². The zero-order valence-corrected chi connectivity index (χ0v) is 13.9. The fraction of sp³-hybridized carbons (Fsp3) is 0.368. The van der Waals surface area contributed by atoms with Crippen LogP contribution in [0.25, 0.3) is 11.3 Å². The second-order valence-electron chi connectivity index (χ2n) is 6.38. The van der Waals surface area contributed by atoms with E-state index in [0.717, 1.165) is 36.5 Å². The minimum atomic E-state index is -0.448. The Morgan fingerprint density at radius 3 is 3.04 bits per heavy atom. The summed E-state index contributed by atoms with van der Waals surface area (Å²) in [5.74, 6) is 1.31. The second-order valence-corrected chi connectivity index (χ2v) is 6.38. The number of nitrogens with one attached hydrogen (secondary N) is 1. The largest absolute Gasteiger partial charge is 0.493 e. The number of nitrogens with zero attached hydrogens (tertiary/aromatic N) is 1. The van der Waals surface area contributed by atoms with E-state index >= 15 is 0 Å². The van der Waals surface area contributed by atoms with E-state index in [1.807, 2.05) is 24.3 Å². The van der Waals surface area contributed by atoms with Crippen LogP contribution in [0.3, 0.4) is 0 Å². The Hall–Kier alpha value is -2.44. The van der Waals surface area contributed by atoms with Crippen molar-refractivity contribution < 1.29 is 14.3 Å². The van der Waals surface area contributed by atoms with Crippen molar-refractivity contribution in [3.63, 3.8) is 0 Å². The van der Waals surface area contributed by atoms with Gasteiger partial charge in [0.15, 0.2) is 0 Å². The molecule has 2 atom stereocenters. The maximum absolute atomic E-state index is 12.3. The molecule has 1 fully saturated rings. The molecule has 1 saturated heterocycles. The number of benzene rings is 1. The van der Waals surface area contributed by atoms with Gasteiger partial charge >= 0.3 is 0 Å². The van der Waals surface area contributed by atoms with Gasteiger partial charge in [0.25, 0.3) is 5.91 Å². The van der Waals surface area contributed by atoms with E-state index in [4.69, 9.17) is 15.2 Å². The lowest BCUT2D eigenvalue weighted by molar-refractivity contribution is -0.126. The Bertz CT molecular complexity index is 793. The van der Waals surface area contributed by atoms with Gasteiger partial charge in [0.2, 0.25) is 0 Å². The van der Waals surface area contributed by atoms with E-state index in [9.17, 15) is 4.79 Å². The number of ether oxygens (including phenoxy) is 2. The van der Waals surface area contributed by atoms with E-state index in [1.165, 1.54) is 5.56 Å². The van der Waals surface area contributed by atoms with Crippen molar-refractivity contribution in [2.24, 2.45) is 5.73 Å². The first kappa shape index (κ1) is 16.1. The average molecular weight is 339 g/mol. The zero-order chi connectivity index (χ0) is 17.2. The summed E-state index contributed by atoms with van der Waals surface area (Å²) in [6.45, 7) is 1.17. The number of hydrogen-bond donors (Lipinski definition) is 2. The molecule has 4 rings (SSSR count). The standard InChI is InChI=1S/C19H21N3O3/c20-11-14-5-7-17(25-14)19(23)22-18-3-1-2-15(21-18)12-4-6-16-13(10-12)8-9-24-16/h1-4,6,10,14,17H,5,7-9,11,20H2,(H,21,22,23)/t14-,17+/m1/s1. The van der Waals surface area contributed by atoms with Crippen LogP contribution >= 0.6 is 0 Å². The first-order chi connectivity index (χ1) is 12.2. The summed E-state index contributed by atoms with van der Waals surface area (Å²) in [7, 11) is 0. The van der Waals surface area contributed by atoms with Crippen molar-refractivity contribution in [2.45, 2.75) is 31.5 Å². The number of fused-ring (bicyclic) bond motifs is 1. The average Bonchev–Trinajstić information content (AvgIpc) is 3.30. The molecule has 3 N–H and O–H groups in total. The van der Waals surface area contributed by atoms with Gasteiger partial charge in [-0.3, -0.25) is 4.79 Å². The van der Waals surface area contributed by atoms with Gasteiger partial charge in [-0.1, -0.05) is 6.07 Å². The summed E-state index contributed by atoms with van der Waals surface area (Å²) in [5, 5.41) is 2.85. The van der Waals surface area contributed by atoms with Gasteiger partial charge in [-0.2, -0.15) is 0 Å². The second kappa shape index (κ2) is 6.82. The minimum absolute atomic E-state index is 0.0244. The normalized spacial score (nSPS) is 21.6. The Labute approximate surface area is 146 Å². The van der Waals surface area contributed by atoms with Gasteiger partial charge in [0.05, 0.1) is 18.4 Å². The zero-order valence-electron chi connectivity index (χ0n) is 13.9. The summed E-state index contributed by atoms with van der Waals surface area (Å²) < 4.78 is 11.2. The molecule has 2 aliphatic heterocycles. The van der Waals surface area contributed by atoms with Crippen LogP contribution in [0, 0.1) is 0 Å². The predicted molar refractivity (Wildman–Crippen MR) is 94.5 cm³/mol. The molecular weight excluding hydrogens is 318 g/mol. The van der Waals surface area contributed by atoms with Gasteiger partial charge in [-0.15, -0.1) is 0 Å². The predicted octanol–water partition coefficient (Wildman–Crippen LogP) is 2.13. The van der Waals surface area contributed by atoms with E-state index in [2.05, 4.69) is 16.4 Å². The van der Waals surface area contributed by atoms with Crippen LogP contribution in [0.4, 0.5) is 5.82 Å². The van der Waals surface area contributed by atoms with Crippen molar-refractivity contribution >= 4 is 11.7 Å². The molecule has 0 spiro atoms. The molecule has 0 radical (unpaired) electrons. The molecule has 1 aromatic carbocycles. The Kier molecular flexibility index (Phi) is 4.38. The van der Waals surface area contributed by atoms with Crippen molar-refractivity contribution in [2.75, 3.05) is 18.5 Å². The lowest BCUT2D eigenvalue weighted by atomic mass is 10.1. The molecule has 6 nitrogen and oxygen atoms in total. The Balaban J connectivity index is 1.49. The molecule has 0 unspecified atom stereocenters.